The van der Waals surface area contributed by atoms with Gasteiger partial charge in [0.05, 0.1) is 12.4 Å². The molecule has 1 saturated carbocycles. The molecule has 0 bridgehead atoms. The largest absolute Gasteiger partial charge is 0.388 e. The minimum absolute atomic E-state index is 0.283. The van der Waals surface area contributed by atoms with E-state index < -0.39 is 0 Å². The van der Waals surface area contributed by atoms with Gasteiger partial charge in [0, 0.05) is 6.04 Å². The van der Waals surface area contributed by atoms with Crippen molar-refractivity contribution in [3.05, 3.63) is 18.1 Å². The van der Waals surface area contributed by atoms with Crippen molar-refractivity contribution in [1.29, 1.82) is 0 Å². The smallest absolute Gasteiger partial charge is 0.144 e. The molecule has 0 radical (unpaired) electrons. The number of hydrogen-bond acceptors (Lipinski definition) is 4. The Labute approximate surface area is 107 Å². The van der Waals surface area contributed by atoms with Crippen LogP contribution in [0.5, 0.6) is 0 Å². The number of anilines is 1. The summed E-state index contributed by atoms with van der Waals surface area (Å²) in [5.41, 5.74) is 6.37. The van der Waals surface area contributed by atoms with E-state index >= 15 is 0 Å². The average Bonchev–Trinajstić information content (AvgIpc) is 2.59. The van der Waals surface area contributed by atoms with Crippen LogP contribution in [0.4, 0.5) is 5.82 Å². The zero-order chi connectivity index (χ0) is 12.5. The molecule has 0 aromatic carbocycles. The number of nitrogens with zero attached hydrogens (tertiary/aromatic N) is 2. The summed E-state index contributed by atoms with van der Waals surface area (Å²) >= 11 is 4.84. The van der Waals surface area contributed by atoms with Crippen molar-refractivity contribution in [2.45, 2.75) is 39.2 Å². The van der Waals surface area contributed by atoms with E-state index in [-0.39, 0.29) is 4.99 Å². The summed E-state index contributed by atoms with van der Waals surface area (Å²) in [7, 11) is 0. The minimum atomic E-state index is 0.283. The fraction of sp³-hybridized carbons (Fsp3) is 0.583. The van der Waals surface area contributed by atoms with E-state index in [4.69, 9.17) is 18.0 Å². The summed E-state index contributed by atoms with van der Waals surface area (Å²) < 4.78 is 0. The maximum Gasteiger partial charge on any atom is 0.144 e. The lowest BCUT2D eigenvalue weighted by molar-refractivity contribution is 0.349. The molecule has 3 N–H and O–H groups in total. The van der Waals surface area contributed by atoms with Gasteiger partial charge in [0.15, 0.2) is 0 Å². The lowest BCUT2D eigenvalue weighted by Crippen LogP contribution is -2.31. The van der Waals surface area contributed by atoms with Crippen LogP contribution in [0.3, 0.4) is 0 Å². The molecule has 17 heavy (non-hydrogen) atoms. The number of hydrogen-bond donors (Lipinski definition) is 2. The Morgan fingerprint density at radius 2 is 2.24 bits per heavy atom. The van der Waals surface area contributed by atoms with E-state index in [1.165, 1.54) is 19.3 Å². The van der Waals surface area contributed by atoms with Crippen LogP contribution < -0.4 is 11.1 Å². The molecule has 1 atom stereocenters. The molecule has 1 fully saturated rings. The molecule has 1 aliphatic carbocycles. The van der Waals surface area contributed by atoms with E-state index in [0.29, 0.717) is 17.2 Å². The van der Waals surface area contributed by atoms with Crippen LogP contribution in [-0.4, -0.2) is 21.0 Å². The predicted octanol–water partition coefficient (Wildman–Crippen LogP) is 2.10. The molecule has 1 aromatic heterocycles. The Morgan fingerprint density at radius 1 is 1.47 bits per heavy atom. The van der Waals surface area contributed by atoms with Crippen molar-refractivity contribution in [3.63, 3.8) is 0 Å². The third kappa shape index (κ3) is 2.72. The standard InChI is InChI=1S/C12H18N4S/c1-12(2)5-3-4-9(12)16-10-7-14-8(6-15-10)11(13)17/h6-7,9H,3-5H2,1-2H3,(H2,13,17)(H,15,16). The van der Waals surface area contributed by atoms with Crippen molar-refractivity contribution in [1.82, 2.24) is 9.97 Å². The molecule has 1 aromatic rings. The van der Waals surface area contributed by atoms with Gasteiger partial charge >= 0.3 is 0 Å². The number of rotatable bonds is 3. The number of aromatic nitrogens is 2. The van der Waals surface area contributed by atoms with Crippen LogP contribution in [0.2, 0.25) is 0 Å². The summed E-state index contributed by atoms with van der Waals surface area (Å²) in [5, 5.41) is 3.44. The lowest BCUT2D eigenvalue weighted by atomic mass is 9.87. The highest BCUT2D eigenvalue weighted by atomic mass is 32.1. The molecule has 0 spiro atoms. The first-order valence-electron chi connectivity index (χ1n) is 5.87. The Balaban J connectivity index is 2.06. The van der Waals surface area contributed by atoms with Gasteiger partial charge in [0.25, 0.3) is 0 Å². The van der Waals surface area contributed by atoms with Gasteiger partial charge in [-0.2, -0.15) is 0 Å². The molecule has 0 aliphatic heterocycles. The highest BCUT2D eigenvalue weighted by molar-refractivity contribution is 7.80. The van der Waals surface area contributed by atoms with E-state index in [0.717, 1.165) is 5.82 Å². The fourth-order valence-electron chi connectivity index (χ4n) is 2.30. The quantitative estimate of drug-likeness (QED) is 0.804. The summed E-state index contributed by atoms with van der Waals surface area (Å²) in [4.78, 5) is 8.75. The van der Waals surface area contributed by atoms with Gasteiger partial charge in [-0.05, 0) is 18.3 Å². The SMILES string of the molecule is CC1(C)CCCC1Nc1cnc(C(N)=S)cn1. The van der Waals surface area contributed by atoms with Crippen molar-refractivity contribution in [2.75, 3.05) is 5.32 Å². The van der Waals surface area contributed by atoms with E-state index in [9.17, 15) is 0 Å². The fourth-order valence-corrected chi connectivity index (χ4v) is 2.41. The number of nitrogens with one attached hydrogen (secondary N) is 1. The van der Waals surface area contributed by atoms with Crippen LogP contribution in [0.1, 0.15) is 38.8 Å². The van der Waals surface area contributed by atoms with E-state index in [1.54, 1.807) is 12.4 Å². The van der Waals surface area contributed by atoms with Gasteiger partial charge in [-0.3, -0.25) is 0 Å². The molecule has 5 heteroatoms. The third-order valence-corrected chi connectivity index (χ3v) is 3.69. The Kier molecular flexibility index (Phi) is 3.28. The first kappa shape index (κ1) is 12.2. The number of nitrogens with two attached hydrogens (primary N) is 1. The molecule has 0 saturated heterocycles. The van der Waals surface area contributed by atoms with Crippen molar-refractivity contribution in [2.24, 2.45) is 11.1 Å². The molecule has 2 rings (SSSR count). The molecule has 1 unspecified atom stereocenters. The number of thiocarbonyl (C=S) groups is 1. The highest BCUT2D eigenvalue weighted by Crippen LogP contribution is 2.38. The van der Waals surface area contributed by atoms with Gasteiger partial charge in [-0.25, -0.2) is 9.97 Å². The molecule has 4 nitrogen and oxygen atoms in total. The second-order valence-electron chi connectivity index (χ2n) is 5.23. The Morgan fingerprint density at radius 3 is 2.71 bits per heavy atom. The van der Waals surface area contributed by atoms with Crippen molar-refractivity contribution < 1.29 is 0 Å². The van der Waals surface area contributed by atoms with Gasteiger partial charge < -0.3 is 11.1 Å². The molecule has 92 valence electrons. The summed E-state index contributed by atoms with van der Waals surface area (Å²) in [6, 6.07) is 0.465. The normalized spacial score (nSPS) is 22.4. The first-order valence-corrected chi connectivity index (χ1v) is 6.28. The van der Waals surface area contributed by atoms with E-state index in [1.807, 2.05) is 0 Å². The maximum absolute atomic E-state index is 5.48. The molecular weight excluding hydrogens is 232 g/mol. The summed E-state index contributed by atoms with van der Waals surface area (Å²) in [6.45, 7) is 4.57. The maximum atomic E-state index is 5.48. The van der Waals surface area contributed by atoms with Crippen LogP contribution in [0, 0.1) is 5.41 Å². The van der Waals surface area contributed by atoms with Gasteiger partial charge in [-0.1, -0.05) is 32.5 Å². The Hall–Kier alpha value is -1.23. The summed E-state index contributed by atoms with van der Waals surface area (Å²) in [5.74, 6) is 0.796. The first-order chi connectivity index (χ1) is 7.99. The highest BCUT2D eigenvalue weighted by Gasteiger charge is 2.34. The monoisotopic (exact) mass is 250 g/mol. The molecule has 0 amide bonds. The average molecular weight is 250 g/mol. The zero-order valence-corrected chi connectivity index (χ0v) is 11.0. The zero-order valence-electron chi connectivity index (χ0n) is 10.2. The second-order valence-corrected chi connectivity index (χ2v) is 5.67. The second kappa shape index (κ2) is 4.56. The van der Waals surface area contributed by atoms with Crippen LogP contribution in [0.15, 0.2) is 12.4 Å². The lowest BCUT2D eigenvalue weighted by Gasteiger charge is -2.28. The van der Waals surface area contributed by atoms with Crippen LogP contribution >= 0.6 is 12.2 Å². The topological polar surface area (TPSA) is 63.8 Å². The van der Waals surface area contributed by atoms with Crippen molar-refractivity contribution >= 4 is 23.0 Å². The van der Waals surface area contributed by atoms with Crippen LogP contribution in [-0.2, 0) is 0 Å². The van der Waals surface area contributed by atoms with Gasteiger partial charge in [0.1, 0.15) is 16.5 Å². The van der Waals surface area contributed by atoms with E-state index in [2.05, 4.69) is 29.1 Å². The van der Waals surface area contributed by atoms with Gasteiger partial charge in [-0.15, -0.1) is 0 Å². The van der Waals surface area contributed by atoms with Crippen molar-refractivity contribution in [3.8, 4) is 0 Å². The summed E-state index contributed by atoms with van der Waals surface area (Å²) in [6.07, 6.45) is 7.02. The third-order valence-electron chi connectivity index (χ3n) is 3.48. The molecule has 1 aliphatic rings. The van der Waals surface area contributed by atoms with Gasteiger partial charge in [0.2, 0.25) is 0 Å². The molecule has 1 heterocycles. The Bertz CT molecular complexity index is 413. The minimum Gasteiger partial charge on any atom is -0.388 e. The van der Waals surface area contributed by atoms with Crippen LogP contribution in [0.25, 0.3) is 0 Å². The predicted molar refractivity (Wildman–Crippen MR) is 73.0 cm³/mol. The molecular formula is C12H18N4S.